The van der Waals surface area contributed by atoms with Gasteiger partial charge in [-0.2, -0.15) is 0 Å². The molecule has 6 N–H and O–H groups in total. The Labute approximate surface area is 178 Å². The van der Waals surface area contributed by atoms with Crippen LogP contribution < -0.4 is 10.2 Å². The lowest BCUT2D eigenvalue weighted by Gasteiger charge is -2.38. The van der Waals surface area contributed by atoms with Gasteiger partial charge in [-0.1, -0.05) is 30.3 Å². The van der Waals surface area contributed by atoms with Crippen LogP contribution in [0.15, 0.2) is 51.7 Å². The average Bonchev–Trinajstić information content (AvgIpc) is 2.77. The number of ether oxygens (including phenoxy) is 2. The van der Waals surface area contributed by atoms with E-state index in [1.807, 2.05) is 0 Å². The van der Waals surface area contributed by atoms with Crippen molar-refractivity contribution in [2.75, 3.05) is 0 Å². The van der Waals surface area contributed by atoms with Crippen LogP contribution in [0.3, 0.4) is 0 Å². The van der Waals surface area contributed by atoms with Crippen LogP contribution in [0.25, 0.3) is 22.3 Å². The molecule has 1 aliphatic rings. The number of hydrogen-bond acceptors (Lipinski definition) is 10. The van der Waals surface area contributed by atoms with E-state index in [9.17, 15) is 35.1 Å². The van der Waals surface area contributed by atoms with Gasteiger partial charge >= 0.3 is 5.97 Å². The average molecular weight is 446 g/mol. The van der Waals surface area contributed by atoms with Crippen molar-refractivity contribution in [1.29, 1.82) is 0 Å². The minimum atomic E-state index is -1.94. The molecule has 5 atom stereocenters. The van der Waals surface area contributed by atoms with Crippen molar-refractivity contribution in [3.8, 4) is 28.6 Å². The van der Waals surface area contributed by atoms with E-state index < -0.39 is 59.4 Å². The van der Waals surface area contributed by atoms with Crippen molar-refractivity contribution in [2.24, 2.45) is 0 Å². The third-order valence-electron chi connectivity index (χ3n) is 5.05. The SMILES string of the molecule is O=C(O)[C@H]1O[C@@H](Oc2cc3oc(-c4ccccc4)cc(=O)c3c(O)c2O)[C@H](O)[C@@H](O)[C@H]1O. The lowest BCUT2D eigenvalue weighted by atomic mass is 9.99. The number of rotatable bonds is 4. The molecule has 11 nitrogen and oxygen atoms in total. The van der Waals surface area contributed by atoms with Crippen molar-refractivity contribution >= 4 is 16.9 Å². The van der Waals surface area contributed by atoms with Gasteiger partial charge in [-0.15, -0.1) is 0 Å². The zero-order valence-electron chi connectivity index (χ0n) is 16.2. The van der Waals surface area contributed by atoms with Crippen molar-refractivity contribution in [2.45, 2.75) is 30.7 Å². The van der Waals surface area contributed by atoms with E-state index in [-0.39, 0.29) is 16.7 Å². The number of aliphatic carboxylic acids is 1. The fourth-order valence-electron chi connectivity index (χ4n) is 3.38. The molecule has 11 heteroatoms. The number of hydrogen-bond donors (Lipinski definition) is 6. The molecular weight excluding hydrogens is 428 g/mol. The molecule has 1 fully saturated rings. The van der Waals surface area contributed by atoms with Gasteiger partial charge < -0.3 is 44.5 Å². The second kappa shape index (κ2) is 8.13. The number of phenolic OH excluding ortho intramolecular Hbond substituents is 2. The van der Waals surface area contributed by atoms with Crippen LogP contribution in [0.5, 0.6) is 17.2 Å². The largest absolute Gasteiger partial charge is 0.504 e. The third kappa shape index (κ3) is 3.63. The van der Waals surface area contributed by atoms with E-state index >= 15 is 0 Å². The summed E-state index contributed by atoms with van der Waals surface area (Å²) in [6.07, 6.45) is -9.56. The van der Waals surface area contributed by atoms with Crippen LogP contribution in [0.4, 0.5) is 0 Å². The highest BCUT2D eigenvalue weighted by atomic mass is 16.7. The zero-order valence-corrected chi connectivity index (χ0v) is 16.2. The first-order chi connectivity index (χ1) is 15.2. The first-order valence-electron chi connectivity index (χ1n) is 9.36. The highest BCUT2D eigenvalue weighted by molar-refractivity contribution is 5.89. The maximum Gasteiger partial charge on any atom is 0.335 e. The molecule has 1 saturated heterocycles. The number of aromatic hydroxyl groups is 2. The van der Waals surface area contributed by atoms with Gasteiger partial charge in [0.2, 0.25) is 12.0 Å². The van der Waals surface area contributed by atoms with Crippen molar-refractivity contribution in [1.82, 2.24) is 0 Å². The number of phenols is 2. The monoisotopic (exact) mass is 446 g/mol. The molecule has 2 aromatic carbocycles. The Bertz CT molecular complexity index is 1220. The molecule has 3 aromatic rings. The van der Waals surface area contributed by atoms with Crippen LogP contribution in [0.1, 0.15) is 0 Å². The molecule has 0 radical (unpaired) electrons. The van der Waals surface area contributed by atoms with Gasteiger partial charge in [-0.3, -0.25) is 4.79 Å². The summed E-state index contributed by atoms with van der Waals surface area (Å²) >= 11 is 0. The maximum absolute atomic E-state index is 12.5. The van der Waals surface area contributed by atoms with Gasteiger partial charge in [-0.25, -0.2) is 4.79 Å². The molecule has 4 rings (SSSR count). The molecule has 0 unspecified atom stereocenters. The van der Waals surface area contributed by atoms with E-state index in [2.05, 4.69) is 0 Å². The number of carbonyl (C=O) groups is 1. The second-order valence-corrected chi connectivity index (χ2v) is 7.14. The number of fused-ring (bicyclic) bond motifs is 1. The van der Waals surface area contributed by atoms with Crippen molar-refractivity contribution in [3.63, 3.8) is 0 Å². The van der Waals surface area contributed by atoms with E-state index in [4.69, 9.17) is 19.0 Å². The van der Waals surface area contributed by atoms with E-state index in [0.29, 0.717) is 5.56 Å². The summed E-state index contributed by atoms with van der Waals surface area (Å²) < 4.78 is 16.0. The molecule has 1 aromatic heterocycles. The van der Waals surface area contributed by atoms with Crippen molar-refractivity contribution < 1.29 is 49.3 Å². The number of carboxylic acids is 1. The number of benzene rings is 2. The summed E-state index contributed by atoms with van der Waals surface area (Å²) in [5, 5.41) is 59.2. The Kier molecular flexibility index (Phi) is 5.48. The quantitative estimate of drug-likeness (QED) is 0.299. The van der Waals surface area contributed by atoms with Crippen LogP contribution in [0, 0.1) is 0 Å². The lowest BCUT2D eigenvalue weighted by molar-refractivity contribution is -0.271. The van der Waals surface area contributed by atoms with Gasteiger partial charge in [-0.05, 0) is 0 Å². The van der Waals surface area contributed by atoms with Crippen molar-refractivity contribution in [3.05, 3.63) is 52.7 Å². The molecular formula is C21H18O11. The van der Waals surface area contributed by atoms with Gasteiger partial charge in [0.25, 0.3) is 0 Å². The molecule has 0 bridgehead atoms. The molecule has 0 spiro atoms. The van der Waals surface area contributed by atoms with Crippen LogP contribution in [0.2, 0.25) is 0 Å². The zero-order chi connectivity index (χ0) is 23.2. The molecule has 168 valence electrons. The van der Waals surface area contributed by atoms with E-state index in [1.54, 1.807) is 30.3 Å². The minimum absolute atomic E-state index is 0.164. The van der Waals surface area contributed by atoms with Crippen LogP contribution in [-0.2, 0) is 9.53 Å². The Morgan fingerprint density at radius 3 is 2.28 bits per heavy atom. The summed E-state index contributed by atoms with van der Waals surface area (Å²) in [5.41, 5.74) is -0.265. The van der Waals surface area contributed by atoms with E-state index in [0.717, 1.165) is 12.1 Å². The fourth-order valence-corrected chi connectivity index (χ4v) is 3.38. The molecule has 32 heavy (non-hydrogen) atoms. The summed E-state index contributed by atoms with van der Waals surface area (Å²) in [5.74, 6) is -3.76. The fraction of sp³-hybridized carbons (Fsp3) is 0.238. The molecule has 1 aliphatic heterocycles. The molecule has 0 aliphatic carbocycles. The maximum atomic E-state index is 12.5. The van der Waals surface area contributed by atoms with Crippen LogP contribution >= 0.6 is 0 Å². The molecule has 2 heterocycles. The first-order valence-corrected chi connectivity index (χ1v) is 9.36. The third-order valence-corrected chi connectivity index (χ3v) is 5.05. The molecule has 0 amide bonds. The summed E-state index contributed by atoms with van der Waals surface area (Å²) in [7, 11) is 0. The summed E-state index contributed by atoms with van der Waals surface area (Å²) in [6.45, 7) is 0. The number of aliphatic hydroxyl groups is 3. The Morgan fingerprint density at radius 1 is 0.938 bits per heavy atom. The number of carboxylic acid groups (broad SMARTS) is 1. The Balaban J connectivity index is 1.77. The first kappa shape index (κ1) is 21.6. The van der Waals surface area contributed by atoms with Gasteiger partial charge in [0.05, 0.1) is 0 Å². The Hall–Kier alpha value is -3.64. The highest BCUT2D eigenvalue weighted by Gasteiger charge is 2.48. The summed E-state index contributed by atoms with van der Waals surface area (Å²) in [6, 6.07) is 10.8. The lowest BCUT2D eigenvalue weighted by Crippen LogP contribution is -2.61. The topological polar surface area (TPSA) is 187 Å². The number of aliphatic hydroxyl groups excluding tert-OH is 3. The summed E-state index contributed by atoms with van der Waals surface area (Å²) in [4.78, 5) is 23.8. The normalized spacial score (nSPS) is 25.5. The van der Waals surface area contributed by atoms with Gasteiger partial charge in [0, 0.05) is 17.7 Å². The Morgan fingerprint density at radius 2 is 1.62 bits per heavy atom. The second-order valence-electron chi connectivity index (χ2n) is 7.14. The smallest absolute Gasteiger partial charge is 0.335 e. The van der Waals surface area contributed by atoms with Gasteiger partial charge in [0.15, 0.2) is 23.0 Å². The van der Waals surface area contributed by atoms with E-state index in [1.165, 1.54) is 0 Å². The standard InChI is InChI=1S/C21H18O11/c22-9-6-10(8-4-2-1-3-5-8)30-11-7-12(14(23)15(24)13(9)11)31-21-18(27)16(25)17(26)19(32-21)20(28)29/h1-7,16-19,21,23-27H,(H,28,29)/t16-,17+,18+,19-,21+/m0/s1. The minimum Gasteiger partial charge on any atom is -0.504 e. The van der Waals surface area contributed by atoms with Crippen LogP contribution in [-0.4, -0.2) is 67.3 Å². The highest BCUT2D eigenvalue weighted by Crippen LogP contribution is 2.42. The molecule has 0 saturated carbocycles. The van der Waals surface area contributed by atoms with Gasteiger partial charge in [0.1, 0.15) is 35.0 Å². The predicted octanol–water partition coefficient (Wildman–Crippen LogP) is 0.142. The predicted molar refractivity (Wildman–Crippen MR) is 106 cm³/mol.